The van der Waals surface area contributed by atoms with Crippen LogP contribution in [0.4, 0.5) is 0 Å². The van der Waals surface area contributed by atoms with Gasteiger partial charge in [0.25, 0.3) is 5.24 Å². The van der Waals surface area contributed by atoms with Crippen LogP contribution >= 0.6 is 11.6 Å². The van der Waals surface area contributed by atoms with Crippen LogP contribution < -0.4 is 0 Å². The Morgan fingerprint density at radius 2 is 1.64 bits per heavy atom. The summed E-state index contributed by atoms with van der Waals surface area (Å²) in [5, 5.41) is -0.357. The lowest BCUT2D eigenvalue weighted by atomic mass is 9.89. The molecule has 0 N–H and O–H groups in total. The highest BCUT2D eigenvalue weighted by molar-refractivity contribution is 6.67. The first kappa shape index (κ1) is 16.1. The molecule has 120 valence electrons. The highest BCUT2D eigenvalue weighted by atomic mass is 35.5. The lowest BCUT2D eigenvalue weighted by Gasteiger charge is -2.16. The van der Waals surface area contributed by atoms with Crippen LogP contribution in [0.3, 0.4) is 0 Å². The number of rotatable bonds is 4. The monoisotopic (exact) mass is 318 g/mol. The molecular formula is C20H27ClO. The maximum Gasteiger partial charge on any atom is 0.252 e. The van der Waals surface area contributed by atoms with Crippen LogP contribution in [0.2, 0.25) is 0 Å². The number of hydrogen-bond acceptors (Lipinski definition) is 1. The van der Waals surface area contributed by atoms with Gasteiger partial charge in [-0.2, -0.15) is 0 Å². The molecule has 1 aromatic carbocycles. The van der Waals surface area contributed by atoms with Gasteiger partial charge in [0.2, 0.25) is 0 Å². The highest BCUT2D eigenvalue weighted by Gasteiger charge is 2.35. The topological polar surface area (TPSA) is 17.1 Å². The van der Waals surface area contributed by atoms with E-state index in [0.717, 1.165) is 17.8 Å². The van der Waals surface area contributed by atoms with E-state index in [1.807, 2.05) is 12.1 Å². The summed E-state index contributed by atoms with van der Waals surface area (Å²) in [5.41, 5.74) is 2.00. The first-order valence-electron chi connectivity index (χ1n) is 8.97. The Balaban J connectivity index is 1.61. The Morgan fingerprint density at radius 1 is 1.05 bits per heavy atom. The molecular weight excluding hydrogens is 292 g/mol. The minimum atomic E-state index is -0.357. The quantitative estimate of drug-likeness (QED) is 0.607. The molecule has 0 spiro atoms. The molecule has 22 heavy (non-hydrogen) atoms. The molecule has 0 saturated heterocycles. The fourth-order valence-electron chi connectivity index (χ4n) is 4.88. The van der Waals surface area contributed by atoms with Gasteiger partial charge in [0, 0.05) is 5.56 Å². The normalized spacial score (nSPS) is 31.5. The van der Waals surface area contributed by atoms with Gasteiger partial charge in [-0.3, -0.25) is 4.79 Å². The van der Waals surface area contributed by atoms with Gasteiger partial charge in [0.05, 0.1) is 0 Å². The van der Waals surface area contributed by atoms with Crippen LogP contribution in [0.1, 0.15) is 80.1 Å². The molecule has 0 amide bonds. The minimum absolute atomic E-state index is 0.357. The van der Waals surface area contributed by atoms with Gasteiger partial charge >= 0.3 is 0 Å². The minimum Gasteiger partial charge on any atom is -0.276 e. The van der Waals surface area contributed by atoms with E-state index in [-0.39, 0.29) is 5.24 Å². The van der Waals surface area contributed by atoms with Crippen molar-refractivity contribution < 1.29 is 4.79 Å². The van der Waals surface area contributed by atoms with Gasteiger partial charge in [0.1, 0.15) is 0 Å². The average molecular weight is 319 g/mol. The standard InChI is InChI=1S/C20H27ClO/c1-2-3-14-12-18-10-6-16(7-11-19(18)13-14)15-4-8-17(9-5-15)20(21)22/h4-5,8-9,14,16,18-19H,2-3,6-7,10-13H2,1H3. The van der Waals surface area contributed by atoms with Crippen LogP contribution in [0.5, 0.6) is 0 Å². The Hall–Kier alpha value is -0.820. The number of halogens is 1. The van der Waals surface area contributed by atoms with E-state index in [2.05, 4.69) is 19.1 Å². The molecule has 2 heteroatoms. The molecule has 2 saturated carbocycles. The van der Waals surface area contributed by atoms with E-state index >= 15 is 0 Å². The van der Waals surface area contributed by atoms with Crippen molar-refractivity contribution in [1.82, 2.24) is 0 Å². The molecule has 3 rings (SSSR count). The van der Waals surface area contributed by atoms with Crippen LogP contribution in [0, 0.1) is 17.8 Å². The van der Waals surface area contributed by atoms with Crippen LogP contribution in [-0.2, 0) is 0 Å². The summed E-state index contributed by atoms with van der Waals surface area (Å²) < 4.78 is 0. The third kappa shape index (κ3) is 3.56. The molecule has 1 nitrogen and oxygen atoms in total. The lowest BCUT2D eigenvalue weighted by Crippen LogP contribution is -2.04. The summed E-state index contributed by atoms with van der Waals surface area (Å²) in [6.07, 6.45) is 11.2. The molecule has 0 aromatic heterocycles. The van der Waals surface area contributed by atoms with Crippen LogP contribution in [-0.4, -0.2) is 5.24 Å². The first-order valence-corrected chi connectivity index (χ1v) is 9.35. The Labute approximate surface area is 139 Å². The number of carbonyl (C=O) groups excluding carboxylic acids is 1. The molecule has 2 aliphatic carbocycles. The van der Waals surface area contributed by atoms with Crippen molar-refractivity contribution in [2.75, 3.05) is 0 Å². The van der Waals surface area contributed by atoms with E-state index in [1.165, 1.54) is 56.9 Å². The number of benzene rings is 1. The molecule has 2 unspecified atom stereocenters. The lowest BCUT2D eigenvalue weighted by molar-refractivity contribution is 0.108. The Morgan fingerprint density at radius 3 is 2.14 bits per heavy atom. The second kappa shape index (κ2) is 7.17. The molecule has 1 aromatic rings. The van der Waals surface area contributed by atoms with Crippen LogP contribution in [0.15, 0.2) is 24.3 Å². The summed E-state index contributed by atoms with van der Waals surface area (Å²) >= 11 is 5.53. The molecule has 0 radical (unpaired) electrons. The summed E-state index contributed by atoms with van der Waals surface area (Å²) in [6, 6.07) is 7.99. The van der Waals surface area contributed by atoms with Crippen molar-refractivity contribution in [3.63, 3.8) is 0 Å². The summed E-state index contributed by atoms with van der Waals surface area (Å²) in [5.74, 6) is 3.63. The first-order chi connectivity index (χ1) is 10.7. The van der Waals surface area contributed by atoms with Crippen molar-refractivity contribution in [3.05, 3.63) is 35.4 Å². The maximum absolute atomic E-state index is 11.2. The van der Waals surface area contributed by atoms with Crippen molar-refractivity contribution in [2.24, 2.45) is 17.8 Å². The molecule has 0 aliphatic heterocycles. The van der Waals surface area contributed by atoms with Gasteiger partial charge in [-0.1, -0.05) is 31.9 Å². The molecule has 2 fully saturated rings. The van der Waals surface area contributed by atoms with Crippen LogP contribution in [0.25, 0.3) is 0 Å². The van der Waals surface area contributed by atoms with E-state index < -0.39 is 0 Å². The van der Waals surface area contributed by atoms with Gasteiger partial charge in [-0.25, -0.2) is 0 Å². The molecule has 2 aliphatic rings. The van der Waals surface area contributed by atoms with E-state index in [0.29, 0.717) is 11.5 Å². The van der Waals surface area contributed by atoms with Gasteiger partial charge < -0.3 is 0 Å². The third-order valence-electron chi connectivity index (χ3n) is 6.02. The Kier molecular flexibility index (Phi) is 5.23. The average Bonchev–Trinajstić information content (AvgIpc) is 2.79. The van der Waals surface area contributed by atoms with Crippen molar-refractivity contribution in [2.45, 2.75) is 64.2 Å². The van der Waals surface area contributed by atoms with E-state index in [1.54, 1.807) is 0 Å². The van der Waals surface area contributed by atoms with Crippen molar-refractivity contribution in [3.8, 4) is 0 Å². The number of fused-ring (bicyclic) bond motifs is 1. The molecule has 2 atom stereocenters. The fraction of sp³-hybridized carbons (Fsp3) is 0.650. The fourth-order valence-corrected chi connectivity index (χ4v) is 5.01. The predicted octanol–water partition coefficient (Wildman–Crippen LogP) is 6.17. The van der Waals surface area contributed by atoms with E-state index in [4.69, 9.17) is 11.6 Å². The van der Waals surface area contributed by atoms with E-state index in [9.17, 15) is 4.79 Å². The van der Waals surface area contributed by atoms with Gasteiger partial charge in [-0.05, 0) is 91.5 Å². The maximum atomic E-state index is 11.2. The zero-order valence-electron chi connectivity index (χ0n) is 13.6. The number of hydrogen-bond donors (Lipinski definition) is 0. The molecule has 0 heterocycles. The van der Waals surface area contributed by atoms with Gasteiger partial charge in [-0.15, -0.1) is 0 Å². The SMILES string of the molecule is CCCC1CC2CCC(c3ccc(C(=O)Cl)cc3)CCC2C1. The summed E-state index contributed by atoms with van der Waals surface area (Å²) in [7, 11) is 0. The van der Waals surface area contributed by atoms with Crippen molar-refractivity contribution in [1.29, 1.82) is 0 Å². The second-order valence-corrected chi connectivity index (χ2v) is 7.74. The highest BCUT2D eigenvalue weighted by Crippen LogP contribution is 2.48. The number of carbonyl (C=O) groups is 1. The third-order valence-corrected chi connectivity index (χ3v) is 6.23. The zero-order chi connectivity index (χ0) is 15.5. The predicted molar refractivity (Wildman–Crippen MR) is 92.4 cm³/mol. The second-order valence-electron chi connectivity index (χ2n) is 7.39. The summed E-state index contributed by atoms with van der Waals surface area (Å²) in [4.78, 5) is 11.2. The van der Waals surface area contributed by atoms with Gasteiger partial charge in [0.15, 0.2) is 0 Å². The summed E-state index contributed by atoms with van der Waals surface area (Å²) in [6.45, 7) is 2.32. The largest absolute Gasteiger partial charge is 0.276 e. The van der Waals surface area contributed by atoms with Crippen molar-refractivity contribution >= 4 is 16.8 Å². The Bertz CT molecular complexity index is 491. The molecule has 0 bridgehead atoms. The smallest absolute Gasteiger partial charge is 0.252 e. The zero-order valence-corrected chi connectivity index (χ0v) is 14.3.